The van der Waals surface area contributed by atoms with E-state index in [0.717, 1.165) is 0 Å². The second-order valence-electron chi connectivity index (χ2n) is 5.30. The van der Waals surface area contributed by atoms with E-state index in [0.29, 0.717) is 24.5 Å². The van der Waals surface area contributed by atoms with E-state index >= 15 is 0 Å². The predicted molar refractivity (Wildman–Crippen MR) is 76.6 cm³/mol. The molecule has 2 N–H and O–H groups in total. The van der Waals surface area contributed by atoms with Crippen molar-refractivity contribution >= 4 is 0 Å². The fraction of sp³-hybridized carbons (Fsp3) is 0.533. The van der Waals surface area contributed by atoms with Crippen molar-refractivity contribution in [3.8, 4) is 11.8 Å². The highest BCUT2D eigenvalue weighted by Gasteiger charge is 2.18. The lowest BCUT2D eigenvalue weighted by molar-refractivity contribution is 0.0813. The Morgan fingerprint density at radius 1 is 1.35 bits per heavy atom. The van der Waals surface area contributed by atoms with Gasteiger partial charge in [0.25, 0.3) is 0 Å². The van der Waals surface area contributed by atoms with E-state index < -0.39 is 6.10 Å². The molecule has 0 saturated carbocycles. The van der Waals surface area contributed by atoms with Crippen molar-refractivity contribution in [3.05, 3.63) is 29.8 Å². The first-order valence-corrected chi connectivity index (χ1v) is 6.52. The number of nitrogens with one attached hydrogen (secondary N) is 1. The Labute approximate surface area is 120 Å². The topological polar surface area (TPSA) is 74.5 Å². The van der Waals surface area contributed by atoms with Gasteiger partial charge in [-0.25, -0.2) is 0 Å². The zero-order valence-corrected chi connectivity index (χ0v) is 12.2. The summed E-state index contributed by atoms with van der Waals surface area (Å²) in [6, 6.07) is 8.84. The van der Waals surface area contributed by atoms with Gasteiger partial charge >= 0.3 is 0 Å². The Morgan fingerprint density at radius 2 is 2.00 bits per heavy atom. The molecular weight excluding hydrogens is 256 g/mol. The average molecular weight is 278 g/mol. The van der Waals surface area contributed by atoms with E-state index in [1.165, 1.54) is 0 Å². The first-order chi connectivity index (χ1) is 9.46. The van der Waals surface area contributed by atoms with Crippen LogP contribution in [0.25, 0.3) is 0 Å². The molecule has 0 heterocycles. The van der Waals surface area contributed by atoms with Crippen LogP contribution >= 0.6 is 0 Å². The van der Waals surface area contributed by atoms with E-state index in [2.05, 4.69) is 5.32 Å². The van der Waals surface area contributed by atoms with Crippen molar-refractivity contribution < 1.29 is 14.6 Å². The van der Waals surface area contributed by atoms with Crippen LogP contribution in [0.15, 0.2) is 24.3 Å². The summed E-state index contributed by atoms with van der Waals surface area (Å²) in [4.78, 5) is 0. The highest BCUT2D eigenvalue weighted by molar-refractivity contribution is 5.34. The lowest BCUT2D eigenvalue weighted by Gasteiger charge is -2.26. The number of benzene rings is 1. The summed E-state index contributed by atoms with van der Waals surface area (Å²) in [5.74, 6) is 0.638. The number of β-amino-alcohol motifs (C(OH)–C–C–N with tert-alkyl or cyclic N) is 1. The van der Waals surface area contributed by atoms with Crippen LogP contribution in [0.2, 0.25) is 0 Å². The molecular formula is C15H22N2O3. The van der Waals surface area contributed by atoms with Gasteiger partial charge < -0.3 is 19.9 Å². The SMILES string of the molecule is COCC(C)(C)NCC(O)COc1ccc(C#N)cc1. The van der Waals surface area contributed by atoms with E-state index in [1.54, 1.807) is 31.4 Å². The van der Waals surface area contributed by atoms with E-state index in [-0.39, 0.29) is 12.1 Å². The van der Waals surface area contributed by atoms with Gasteiger partial charge in [-0.2, -0.15) is 5.26 Å². The molecule has 5 nitrogen and oxygen atoms in total. The summed E-state index contributed by atoms with van der Waals surface area (Å²) in [7, 11) is 1.65. The molecule has 1 atom stereocenters. The first kappa shape index (κ1) is 16.4. The average Bonchev–Trinajstić information content (AvgIpc) is 2.43. The van der Waals surface area contributed by atoms with Gasteiger partial charge in [-0.1, -0.05) is 0 Å². The minimum absolute atomic E-state index is 0.190. The first-order valence-electron chi connectivity index (χ1n) is 6.52. The van der Waals surface area contributed by atoms with Crippen LogP contribution in [-0.2, 0) is 4.74 Å². The normalized spacial score (nSPS) is 12.8. The maximum atomic E-state index is 9.86. The van der Waals surface area contributed by atoms with Crippen molar-refractivity contribution in [2.75, 3.05) is 26.9 Å². The third-order valence-electron chi connectivity index (χ3n) is 2.75. The smallest absolute Gasteiger partial charge is 0.119 e. The number of nitrogens with zero attached hydrogens (tertiary/aromatic N) is 1. The zero-order valence-electron chi connectivity index (χ0n) is 12.2. The van der Waals surface area contributed by atoms with Crippen molar-refractivity contribution in [2.45, 2.75) is 25.5 Å². The number of nitriles is 1. The Bertz CT molecular complexity index is 437. The maximum absolute atomic E-state index is 9.86. The lowest BCUT2D eigenvalue weighted by atomic mass is 10.1. The third-order valence-corrected chi connectivity index (χ3v) is 2.75. The van der Waals surface area contributed by atoms with Gasteiger partial charge in [0.1, 0.15) is 18.5 Å². The van der Waals surface area contributed by atoms with Crippen LogP contribution in [-0.4, -0.2) is 43.6 Å². The molecule has 1 rings (SSSR count). The van der Waals surface area contributed by atoms with Crippen LogP contribution in [0.3, 0.4) is 0 Å². The molecule has 1 aromatic carbocycles. The zero-order chi connectivity index (χ0) is 15.0. The van der Waals surface area contributed by atoms with Crippen LogP contribution in [0.4, 0.5) is 0 Å². The molecule has 20 heavy (non-hydrogen) atoms. The fourth-order valence-electron chi connectivity index (χ4n) is 1.68. The largest absolute Gasteiger partial charge is 0.491 e. The van der Waals surface area contributed by atoms with Crippen molar-refractivity contribution in [2.24, 2.45) is 0 Å². The Kier molecular flexibility index (Phi) is 6.46. The minimum Gasteiger partial charge on any atom is -0.491 e. The number of aliphatic hydroxyl groups excluding tert-OH is 1. The van der Waals surface area contributed by atoms with Crippen LogP contribution < -0.4 is 10.1 Å². The molecule has 0 aromatic heterocycles. The standard InChI is InChI=1S/C15H22N2O3/c1-15(2,11-19-3)17-9-13(18)10-20-14-6-4-12(8-16)5-7-14/h4-7,13,17-18H,9-11H2,1-3H3. The number of hydrogen-bond acceptors (Lipinski definition) is 5. The van der Waals surface area contributed by atoms with Gasteiger partial charge in [0.05, 0.1) is 18.2 Å². The molecule has 0 bridgehead atoms. The van der Waals surface area contributed by atoms with Gasteiger partial charge in [-0.3, -0.25) is 0 Å². The molecule has 1 aromatic rings. The minimum atomic E-state index is -0.609. The molecule has 0 spiro atoms. The van der Waals surface area contributed by atoms with Crippen molar-refractivity contribution in [1.82, 2.24) is 5.32 Å². The maximum Gasteiger partial charge on any atom is 0.119 e. The number of rotatable bonds is 8. The van der Waals surface area contributed by atoms with E-state index in [9.17, 15) is 5.11 Å². The summed E-state index contributed by atoms with van der Waals surface area (Å²) in [5, 5.41) is 21.8. The van der Waals surface area contributed by atoms with Crippen molar-refractivity contribution in [3.63, 3.8) is 0 Å². The summed E-state index contributed by atoms with van der Waals surface area (Å²) in [5.41, 5.74) is 0.394. The van der Waals surface area contributed by atoms with E-state index in [4.69, 9.17) is 14.7 Å². The van der Waals surface area contributed by atoms with Crippen molar-refractivity contribution in [1.29, 1.82) is 5.26 Å². The van der Waals surface area contributed by atoms with Gasteiger partial charge in [0.2, 0.25) is 0 Å². The van der Waals surface area contributed by atoms with Gasteiger partial charge in [0, 0.05) is 19.2 Å². The molecule has 0 aliphatic rings. The third kappa shape index (κ3) is 6.02. The molecule has 0 saturated heterocycles. The van der Waals surface area contributed by atoms with Gasteiger partial charge in [-0.05, 0) is 38.1 Å². The molecule has 110 valence electrons. The van der Waals surface area contributed by atoms with Gasteiger partial charge in [0.15, 0.2) is 0 Å². The monoisotopic (exact) mass is 278 g/mol. The highest BCUT2D eigenvalue weighted by Crippen LogP contribution is 2.11. The van der Waals surface area contributed by atoms with Crippen LogP contribution in [0.5, 0.6) is 5.75 Å². The summed E-state index contributed by atoms with van der Waals surface area (Å²) >= 11 is 0. The number of methoxy groups -OCH3 is 1. The Balaban J connectivity index is 2.32. The molecule has 0 radical (unpaired) electrons. The molecule has 0 amide bonds. The number of ether oxygens (including phenoxy) is 2. The second kappa shape index (κ2) is 7.85. The summed E-state index contributed by atoms with van der Waals surface area (Å²) < 4.78 is 10.6. The quantitative estimate of drug-likeness (QED) is 0.750. The molecule has 5 heteroatoms. The highest BCUT2D eigenvalue weighted by atomic mass is 16.5. The van der Waals surface area contributed by atoms with Crippen LogP contribution in [0.1, 0.15) is 19.4 Å². The second-order valence-corrected chi connectivity index (χ2v) is 5.30. The molecule has 0 fully saturated rings. The lowest BCUT2D eigenvalue weighted by Crippen LogP contribution is -2.47. The Hall–Kier alpha value is -1.61. The molecule has 0 aliphatic heterocycles. The number of hydrogen-bond donors (Lipinski definition) is 2. The van der Waals surface area contributed by atoms with Gasteiger partial charge in [-0.15, -0.1) is 0 Å². The summed E-state index contributed by atoms with van der Waals surface area (Å²) in [6.45, 7) is 5.19. The van der Waals surface area contributed by atoms with E-state index in [1.807, 2.05) is 19.9 Å². The molecule has 1 unspecified atom stereocenters. The predicted octanol–water partition coefficient (Wildman–Crippen LogP) is 1.31. The van der Waals surface area contributed by atoms with Crippen LogP contribution in [0, 0.1) is 11.3 Å². The summed E-state index contributed by atoms with van der Waals surface area (Å²) in [6.07, 6.45) is -0.609. The number of aliphatic hydroxyl groups is 1. The molecule has 0 aliphatic carbocycles. The Morgan fingerprint density at radius 3 is 2.55 bits per heavy atom. The fourth-order valence-corrected chi connectivity index (χ4v) is 1.68.